The molecule has 0 bridgehead atoms. The molecule has 1 atom stereocenters. The SMILES string of the molecule is CCCC(C)C(=O)N1CCN(Cc2cccc3cccnc23)CC1. The van der Waals surface area contributed by atoms with Crippen LogP contribution < -0.4 is 0 Å². The Hall–Kier alpha value is -1.94. The molecule has 1 saturated heterocycles. The number of rotatable bonds is 5. The average Bonchev–Trinajstić information content (AvgIpc) is 2.62. The van der Waals surface area contributed by atoms with Crippen molar-refractivity contribution in [2.45, 2.75) is 33.2 Å². The maximum atomic E-state index is 12.4. The van der Waals surface area contributed by atoms with E-state index < -0.39 is 0 Å². The highest BCUT2D eigenvalue weighted by molar-refractivity contribution is 5.81. The summed E-state index contributed by atoms with van der Waals surface area (Å²) in [6.07, 6.45) is 3.92. The first-order valence-corrected chi connectivity index (χ1v) is 9.02. The molecule has 3 rings (SSSR count). The molecule has 0 aliphatic carbocycles. The predicted molar refractivity (Wildman–Crippen MR) is 97.7 cm³/mol. The lowest BCUT2D eigenvalue weighted by Crippen LogP contribution is -2.49. The summed E-state index contributed by atoms with van der Waals surface area (Å²) in [6.45, 7) is 8.65. The largest absolute Gasteiger partial charge is 0.340 e. The Bertz CT molecular complexity index is 687. The molecule has 0 N–H and O–H groups in total. The van der Waals surface area contributed by atoms with E-state index in [1.165, 1.54) is 10.9 Å². The van der Waals surface area contributed by atoms with Crippen molar-refractivity contribution in [2.24, 2.45) is 5.92 Å². The van der Waals surface area contributed by atoms with E-state index in [1.807, 2.05) is 17.2 Å². The van der Waals surface area contributed by atoms with Crippen molar-refractivity contribution >= 4 is 16.8 Å². The van der Waals surface area contributed by atoms with Crippen LogP contribution in [0.15, 0.2) is 36.5 Å². The molecule has 1 aromatic carbocycles. The first-order valence-electron chi connectivity index (χ1n) is 9.02. The molecule has 1 aromatic heterocycles. The van der Waals surface area contributed by atoms with Crippen LogP contribution in [0.1, 0.15) is 32.3 Å². The fourth-order valence-electron chi connectivity index (χ4n) is 3.53. The summed E-state index contributed by atoms with van der Waals surface area (Å²) in [4.78, 5) is 21.4. The molecule has 128 valence electrons. The second-order valence-electron chi connectivity index (χ2n) is 6.78. The Morgan fingerprint density at radius 2 is 1.92 bits per heavy atom. The van der Waals surface area contributed by atoms with Crippen molar-refractivity contribution in [2.75, 3.05) is 26.2 Å². The van der Waals surface area contributed by atoms with Crippen LogP contribution in [-0.4, -0.2) is 46.9 Å². The number of carbonyl (C=O) groups excluding carboxylic acids is 1. The molecule has 1 fully saturated rings. The molecule has 1 unspecified atom stereocenters. The normalized spacial score (nSPS) is 17.2. The molecule has 1 aliphatic rings. The van der Waals surface area contributed by atoms with Gasteiger partial charge in [-0.2, -0.15) is 0 Å². The van der Waals surface area contributed by atoms with E-state index >= 15 is 0 Å². The minimum absolute atomic E-state index is 0.156. The van der Waals surface area contributed by atoms with Gasteiger partial charge in [-0.25, -0.2) is 0 Å². The van der Waals surface area contributed by atoms with Gasteiger partial charge < -0.3 is 4.90 Å². The fraction of sp³-hybridized carbons (Fsp3) is 0.500. The highest BCUT2D eigenvalue weighted by atomic mass is 16.2. The number of aromatic nitrogens is 1. The van der Waals surface area contributed by atoms with Crippen molar-refractivity contribution in [3.05, 3.63) is 42.1 Å². The molecular formula is C20H27N3O. The Balaban J connectivity index is 1.60. The van der Waals surface area contributed by atoms with Crippen LogP contribution in [-0.2, 0) is 11.3 Å². The zero-order chi connectivity index (χ0) is 16.9. The monoisotopic (exact) mass is 325 g/mol. The Morgan fingerprint density at radius 3 is 2.67 bits per heavy atom. The molecule has 24 heavy (non-hydrogen) atoms. The van der Waals surface area contributed by atoms with Crippen molar-refractivity contribution in [1.82, 2.24) is 14.8 Å². The van der Waals surface area contributed by atoms with E-state index in [9.17, 15) is 4.79 Å². The van der Waals surface area contributed by atoms with Gasteiger partial charge in [0.05, 0.1) is 5.52 Å². The number of fused-ring (bicyclic) bond motifs is 1. The second kappa shape index (κ2) is 7.75. The van der Waals surface area contributed by atoms with Gasteiger partial charge in [-0.15, -0.1) is 0 Å². The lowest BCUT2D eigenvalue weighted by molar-refractivity contribution is -0.137. The first-order chi connectivity index (χ1) is 11.7. The molecule has 2 heterocycles. The van der Waals surface area contributed by atoms with Crippen molar-refractivity contribution in [3.63, 3.8) is 0 Å². The van der Waals surface area contributed by atoms with Crippen LogP contribution in [0.25, 0.3) is 10.9 Å². The molecule has 1 amide bonds. The van der Waals surface area contributed by atoms with E-state index in [0.717, 1.165) is 51.1 Å². The molecule has 1 aliphatic heterocycles. The molecule has 2 aromatic rings. The van der Waals surface area contributed by atoms with Crippen LogP contribution in [0, 0.1) is 5.92 Å². The smallest absolute Gasteiger partial charge is 0.225 e. The number of amides is 1. The highest BCUT2D eigenvalue weighted by Gasteiger charge is 2.24. The van der Waals surface area contributed by atoms with Crippen LogP contribution >= 0.6 is 0 Å². The molecule has 4 heteroatoms. The number of piperazine rings is 1. The van der Waals surface area contributed by atoms with Crippen molar-refractivity contribution < 1.29 is 4.79 Å². The summed E-state index contributed by atoms with van der Waals surface area (Å²) in [7, 11) is 0. The van der Waals surface area contributed by atoms with Crippen molar-refractivity contribution in [3.8, 4) is 0 Å². The second-order valence-corrected chi connectivity index (χ2v) is 6.78. The van der Waals surface area contributed by atoms with Gasteiger partial charge in [-0.3, -0.25) is 14.7 Å². The van der Waals surface area contributed by atoms with Gasteiger partial charge in [0.2, 0.25) is 5.91 Å². The highest BCUT2D eigenvalue weighted by Crippen LogP contribution is 2.19. The zero-order valence-electron chi connectivity index (χ0n) is 14.7. The first kappa shape index (κ1) is 16.9. The standard InChI is InChI=1S/C20H27N3O/c1-3-6-16(2)20(24)23-13-11-22(12-14-23)15-18-8-4-7-17-9-5-10-21-19(17)18/h4-5,7-10,16H,3,6,11-15H2,1-2H3. The van der Waals surface area contributed by atoms with E-state index in [0.29, 0.717) is 5.91 Å². The number of pyridine rings is 1. The van der Waals surface area contributed by atoms with E-state index in [-0.39, 0.29) is 5.92 Å². The van der Waals surface area contributed by atoms with Crippen LogP contribution in [0.5, 0.6) is 0 Å². The minimum atomic E-state index is 0.156. The summed E-state index contributed by atoms with van der Waals surface area (Å²) in [5.74, 6) is 0.479. The Morgan fingerprint density at radius 1 is 1.17 bits per heavy atom. The quantitative estimate of drug-likeness (QED) is 0.846. The number of hydrogen-bond donors (Lipinski definition) is 0. The fourth-order valence-corrected chi connectivity index (χ4v) is 3.53. The van der Waals surface area contributed by atoms with E-state index in [1.54, 1.807) is 0 Å². The lowest BCUT2D eigenvalue weighted by Gasteiger charge is -2.36. The third-order valence-electron chi connectivity index (χ3n) is 4.94. The minimum Gasteiger partial charge on any atom is -0.340 e. The number of para-hydroxylation sites is 1. The summed E-state index contributed by atoms with van der Waals surface area (Å²) < 4.78 is 0. The summed E-state index contributed by atoms with van der Waals surface area (Å²) in [5, 5.41) is 1.19. The van der Waals surface area contributed by atoms with Crippen LogP contribution in [0.3, 0.4) is 0 Å². The van der Waals surface area contributed by atoms with Gasteiger partial charge in [0.25, 0.3) is 0 Å². The third-order valence-corrected chi connectivity index (χ3v) is 4.94. The molecule has 0 spiro atoms. The Labute approximate surface area is 144 Å². The van der Waals surface area contributed by atoms with Gasteiger partial charge in [-0.1, -0.05) is 44.5 Å². The van der Waals surface area contributed by atoms with Crippen LogP contribution in [0.2, 0.25) is 0 Å². The molecular weight excluding hydrogens is 298 g/mol. The zero-order valence-corrected chi connectivity index (χ0v) is 14.7. The van der Waals surface area contributed by atoms with Gasteiger partial charge in [-0.05, 0) is 18.1 Å². The van der Waals surface area contributed by atoms with Gasteiger partial charge in [0, 0.05) is 50.2 Å². The van der Waals surface area contributed by atoms with E-state index in [2.05, 4.69) is 48.0 Å². The summed E-state index contributed by atoms with van der Waals surface area (Å²) in [6, 6.07) is 10.5. The van der Waals surface area contributed by atoms with Crippen LogP contribution in [0.4, 0.5) is 0 Å². The summed E-state index contributed by atoms with van der Waals surface area (Å²) >= 11 is 0. The molecule has 4 nitrogen and oxygen atoms in total. The number of carbonyl (C=O) groups is 1. The average molecular weight is 325 g/mol. The molecule has 0 saturated carbocycles. The molecule has 0 radical (unpaired) electrons. The van der Waals surface area contributed by atoms with E-state index in [4.69, 9.17) is 0 Å². The third kappa shape index (κ3) is 3.75. The number of nitrogens with zero attached hydrogens (tertiary/aromatic N) is 3. The maximum absolute atomic E-state index is 12.4. The summed E-state index contributed by atoms with van der Waals surface area (Å²) in [5.41, 5.74) is 2.36. The number of hydrogen-bond acceptors (Lipinski definition) is 3. The van der Waals surface area contributed by atoms with Gasteiger partial charge in [0.15, 0.2) is 0 Å². The van der Waals surface area contributed by atoms with Crippen molar-refractivity contribution in [1.29, 1.82) is 0 Å². The predicted octanol–water partition coefficient (Wildman–Crippen LogP) is 3.32. The lowest BCUT2D eigenvalue weighted by atomic mass is 10.0. The maximum Gasteiger partial charge on any atom is 0.225 e. The topological polar surface area (TPSA) is 36.4 Å². The Kier molecular flexibility index (Phi) is 5.46. The van der Waals surface area contributed by atoms with Gasteiger partial charge in [0.1, 0.15) is 0 Å². The number of benzene rings is 1. The van der Waals surface area contributed by atoms with Gasteiger partial charge >= 0.3 is 0 Å².